The highest BCUT2D eigenvalue weighted by Crippen LogP contribution is 2.15. The van der Waals surface area contributed by atoms with Gasteiger partial charge in [-0.25, -0.2) is 0 Å². The highest BCUT2D eigenvalue weighted by atomic mass is 16.5. The van der Waals surface area contributed by atoms with Gasteiger partial charge in [0.15, 0.2) is 0 Å². The van der Waals surface area contributed by atoms with Gasteiger partial charge < -0.3 is 10.1 Å². The Morgan fingerprint density at radius 3 is 3.08 bits per heavy atom. The second-order valence-corrected chi connectivity index (χ2v) is 3.56. The molecule has 1 aliphatic rings. The van der Waals surface area contributed by atoms with Gasteiger partial charge in [0.2, 0.25) is 0 Å². The van der Waals surface area contributed by atoms with E-state index in [0.717, 1.165) is 31.8 Å². The van der Waals surface area contributed by atoms with Crippen molar-refractivity contribution in [2.24, 2.45) is 5.92 Å². The van der Waals surface area contributed by atoms with Crippen molar-refractivity contribution in [3.63, 3.8) is 0 Å². The molecule has 0 aliphatic carbocycles. The third-order valence-electron chi connectivity index (χ3n) is 2.46. The SMILES string of the molecule is CCOC(=O)CCCC1CCNC1. The molecule has 1 unspecified atom stereocenters. The van der Waals surface area contributed by atoms with Gasteiger partial charge in [0.25, 0.3) is 0 Å². The molecule has 1 N–H and O–H groups in total. The van der Waals surface area contributed by atoms with E-state index in [0.29, 0.717) is 13.0 Å². The number of rotatable bonds is 5. The van der Waals surface area contributed by atoms with Crippen LogP contribution in [0, 0.1) is 5.92 Å². The number of esters is 1. The van der Waals surface area contributed by atoms with Crippen molar-refractivity contribution in [1.82, 2.24) is 5.32 Å². The van der Waals surface area contributed by atoms with E-state index in [4.69, 9.17) is 4.74 Å². The van der Waals surface area contributed by atoms with Crippen LogP contribution in [0.15, 0.2) is 0 Å². The van der Waals surface area contributed by atoms with Crippen molar-refractivity contribution in [1.29, 1.82) is 0 Å². The lowest BCUT2D eigenvalue weighted by atomic mass is 10.0. The van der Waals surface area contributed by atoms with E-state index in [1.54, 1.807) is 0 Å². The average molecular weight is 185 g/mol. The van der Waals surface area contributed by atoms with Crippen LogP contribution in [0.2, 0.25) is 0 Å². The molecule has 3 nitrogen and oxygen atoms in total. The summed E-state index contributed by atoms with van der Waals surface area (Å²) < 4.78 is 4.85. The summed E-state index contributed by atoms with van der Waals surface area (Å²) in [6, 6.07) is 0. The quantitative estimate of drug-likeness (QED) is 0.657. The second-order valence-electron chi connectivity index (χ2n) is 3.56. The molecule has 3 heteroatoms. The molecule has 1 heterocycles. The normalized spacial score (nSPS) is 21.8. The molecule has 0 aromatic heterocycles. The molecular formula is C10H19NO2. The first kappa shape index (κ1) is 10.5. The highest BCUT2D eigenvalue weighted by molar-refractivity contribution is 5.69. The topological polar surface area (TPSA) is 38.3 Å². The van der Waals surface area contributed by atoms with Crippen molar-refractivity contribution >= 4 is 5.97 Å². The predicted molar refractivity (Wildman–Crippen MR) is 51.5 cm³/mol. The van der Waals surface area contributed by atoms with E-state index < -0.39 is 0 Å². The minimum absolute atomic E-state index is 0.0477. The van der Waals surface area contributed by atoms with Crippen LogP contribution in [-0.4, -0.2) is 25.7 Å². The number of hydrogen-bond acceptors (Lipinski definition) is 3. The maximum Gasteiger partial charge on any atom is 0.305 e. The molecule has 0 radical (unpaired) electrons. The summed E-state index contributed by atoms with van der Waals surface area (Å²) >= 11 is 0. The molecular weight excluding hydrogens is 166 g/mol. The molecule has 1 saturated heterocycles. The first-order chi connectivity index (χ1) is 6.33. The molecule has 0 saturated carbocycles. The zero-order chi connectivity index (χ0) is 9.52. The molecule has 0 aromatic carbocycles. The second kappa shape index (κ2) is 5.97. The van der Waals surface area contributed by atoms with Crippen LogP contribution in [0.5, 0.6) is 0 Å². The third-order valence-corrected chi connectivity index (χ3v) is 2.46. The Balaban J connectivity index is 1.96. The minimum atomic E-state index is -0.0477. The summed E-state index contributed by atoms with van der Waals surface area (Å²) in [5.74, 6) is 0.739. The van der Waals surface area contributed by atoms with Crippen molar-refractivity contribution < 1.29 is 9.53 Å². The van der Waals surface area contributed by atoms with Gasteiger partial charge in [-0.2, -0.15) is 0 Å². The Labute approximate surface area is 79.8 Å². The third kappa shape index (κ3) is 4.27. The number of ether oxygens (including phenoxy) is 1. The van der Waals surface area contributed by atoms with Crippen molar-refractivity contribution in [2.75, 3.05) is 19.7 Å². The van der Waals surface area contributed by atoms with Gasteiger partial charge in [0.05, 0.1) is 6.61 Å². The lowest BCUT2D eigenvalue weighted by molar-refractivity contribution is -0.143. The average Bonchev–Trinajstić information content (AvgIpc) is 2.57. The number of nitrogens with one attached hydrogen (secondary N) is 1. The van der Waals surface area contributed by atoms with Gasteiger partial charge >= 0.3 is 5.97 Å². The fourth-order valence-corrected chi connectivity index (χ4v) is 1.73. The van der Waals surface area contributed by atoms with Crippen LogP contribution in [0.4, 0.5) is 0 Å². The van der Waals surface area contributed by atoms with Crippen molar-refractivity contribution in [2.45, 2.75) is 32.6 Å². The monoisotopic (exact) mass is 185 g/mol. The van der Waals surface area contributed by atoms with Gasteiger partial charge in [-0.15, -0.1) is 0 Å². The Morgan fingerprint density at radius 1 is 1.62 bits per heavy atom. The molecule has 1 fully saturated rings. The molecule has 1 rings (SSSR count). The summed E-state index contributed by atoms with van der Waals surface area (Å²) in [5, 5.41) is 3.32. The zero-order valence-electron chi connectivity index (χ0n) is 8.34. The zero-order valence-corrected chi connectivity index (χ0v) is 8.34. The van der Waals surface area contributed by atoms with Crippen LogP contribution in [0.25, 0.3) is 0 Å². The van der Waals surface area contributed by atoms with E-state index >= 15 is 0 Å². The van der Waals surface area contributed by atoms with E-state index in [1.165, 1.54) is 6.42 Å². The standard InChI is InChI=1S/C10H19NO2/c1-2-13-10(12)5-3-4-9-6-7-11-8-9/h9,11H,2-8H2,1H3. The van der Waals surface area contributed by atoms with Crippen molar-refractivity contribution in [3.8, 4) is 0 Å². The Bertz CT molecular complexity index is 153. The van der Waals surface area contributed by atoms with Crippen LogP contribution in [-0.2, 0) is 9.53 Å². The Kier molecular flexibility index (Phi) is 4.83. The fraction of sp³-hybridized carbons (Fsp3) is 0.900. The van der Waals surface area contributed by atoms with Crippen LogP contribution in [0.1, 0.15) is 32.6 Å². The van der Waals surface area contributed by atoms with E-state index in [9.17, 15) is 4.79 Å². The molecule has 0 spiro atoms. The molecule has 1 atom stereocenters. The van der Waals surface area contributed by atoms with Crippen LogP contribution >= 0.6 is 0 Å². The maximum absolute atomic E-state index is 11.0. The molecule has 0 amide bonds. The van der Waals surface area contributed by atoms with Crippen LogP contribution < -0.4 is 5.32 Å². The first-order valence-electron chi connectivity index (χ1n) is 5.19. The summed E-state index contributed by atoms with van der Waals surface area (Å²) in [6.07, 6.45) is 3.99. The van der Waals surface area contributed by atoms with Crippen LogP contribution in [0.3, 0.4) is 0 Å². The molecule has 0 aromatic rings. The number of carbonyl (C=O) groups is 1. The molecule has 13 heavy (non-hydrogen) atoms. The number of carbonyl (C=O) groups excluding carboxylic acids is 1. The van der Waals surface area contributed by atoms with Gasteiger partial charge in [-0.05, 0) is 45.2 Å². The summed E-state index contributed by atoms with van der Waals surface area (Å²) in [7, 11) is 0. The molecule has 76 valence electrons. The first-order valence-corrected chi connectivity index (χ1v) is 5.19. The van der Waals surface area contributed by atoms with Gasteiger partial charge in [0.1, 0.15) is 0 Å². The van der Waals surface area contributed by atoms with Gasteiger partial charge in [-0.3, -0.25) is 4.79 Å². The fourth-order valence-electron chi connectivity index (χ4n) is 1.73. The predicted octanol–water partition coefficient (Wildman–Crippen LogP) is 1.33. The van der Waals surface area contributed by atoms with E-state index in [2.05, 4.69) is 5.32 Å². The largest absolute Gasteiger partial charge is 0.466 e. The Morgan fingerprint density at radius 2 is 2.46 bits per heavy atom. The summed E-state index contributed by atoms with van der Waals surface area (Å²) in [4.78, 5) is 11.0. The van der Waals surface area contributed by atoms with Gasteiger partial charge in [0, 0.05) is 6.42 Å². The lowest BCUT2D eigenvalue weighted by Gasteiger charge is -2.06. The summed E-state index contributed by atoms with van der Waals surface area (Å²) in [5.41, 5.74) is 0. The lowest BCUT2D eigenvalue weighted by Crippen LogP contribution is -2.10. The maximum atomic E-state index is 11.0. The molecule has 0 bridgehead atoms. The van der Waals surface area contributed by atoms with E-state index in [1.807, 2.05) is 6.92 Å². The highest BCUT2D eigenvalue weighted by Gasteiger charge is 2.14. The smallest absolute Gasteiger partial charge is 0.305 e. The van der Waals surface area contributed by atoms with Crippen molar-refractivity contribution in [3.05, 3.63) is 0 Å². The van der Waals surface area contributed by atoms with E-state index in [-0.39, 0.29) is 5.97 Å². The summed E-state index contributed by atoms with van der Waals surface area (Å²) in [6.45, 7) is 4.62. The Hall–Kier alpha value is -0.570. The number of hydrogen-bond donors (Lipinski definition) is 1. The minimum Gasteiger partial charge on any atom is -0.466 e. The molecule has 1 aliphatic heterocycles. The van der Waals surface area contributed by atoms with Gasteiger partial charge in [-0.1, -0.05) is 0 Å².